The van der Waals surface area contributed by atoms with E-state index in [1.807, 2.05) is 6.92 Å². The first-order valence-electron chi connectivity index (χ1n) is 6.19. The van der Waals surface area contributed by atoms with E-state index in [0.29, 0.717) is 6.61 Å². The van der Waals surface area contributed by atoms with E-state index in [1.165, 1.54) is 0 Å². The molecule has 1 rings (SSSR count). The molecule has 106 valence electrons. The van der Waals surface area contributed by atoms with Crippen molar-refractivity contribution in [2.75, 3.05) is 13.2 Å². The van der Waals surface area contributed by atoms with Gasteiger partial charge in [-0.05, 0) is 26.7 Å². The molecular formula is C12H23ClN2O3. The normalized spacial score (nSPS) is 26.9. The molecule has 0 saturated heterocycles. The Morgan fingerprint density at radius 2 is 2.11 bits per heavy atom. The number of rotatable bonds is 4. The third kappa shape index (κ3) is 4.82. The summed E-state index contributed by atoms with van der Waals surface area (Å²) in [6.07, 6.45) is 3.73. The highest BCUT2D eigenvalue weighted by atomic mass is 35.5. The minimum Gasteiger partial charge on any atom is -0.465 e. The SMILES string of the molecule is CCOC(=O)CNC(=O)C1CCCCC1(C)N.Cl. The van der Waals surface area contributed by atoms with E-state index in [0.717, 1.165) is 25.7 Å². The van der Waals surface area contributed by atoms with Crippen LogP contribution in [-0.4, -0.2) is 30.6 Å². The van der Waals surface area contributed by atoms with Crippen molar-refractivity contribution in [3.8, 4) is 0 Å². The predicted octanol–water partition coefficient (Wildman–Crippen LogP) is 0.995. The molecule has 0 radical (unpaired) electrons. The average Bonchev–Trinajstić information content (AvgIpc) is 2.26. The van der Waals surface area contributed by atoms with Gasteiger partial charge in [-0.2, -0.15) is 0 Å². The molecule has 1 aliphatic rings. The molecule has 0 aromatic heterocycles. The summed E-state index contributed by atoms with van der Waals surface area (Å²) >= 11 is 0. The number of amides is 1. The van der Waals surface area contributed by atoms with Gasteiger partial charge in [0.15, 0.2) is 0 Å². The summed E-state index contributed by atoms with van der Waals surface area (Å²) in [5, 5.41) is 2.60. The number of nitrogens with two attached hydrogens (primary N) is 1. The molecule has 0 aromatic rings. The molecule has 2 atom stereocenters. The third-order valence-corrected chi connectivity index (χ3v) is 3.28. The van der Waals surface area contributed by atoms with E-state index in [2.05, 4.69) is 5.32 Å². The lowest BCUT2D eigenvalue weighted by Crippen LogP contribution is -2.53. The largest absolute Gasteiger partial charge is 0.465 e. The van der Waals surface area contributed by atoms with Crippen molar-refractivity contribution in [2.24, 2.45) is 11.7 Å². The summed E-state index contributed by atoms with van der Waals surface area (Å²) in [7, 11) is 0. The summed E-state index contributed by atoms with van der Waals surface area (Å²) in [4.78, 5) is 23.0. The van der Waals surface area contributed by atoms with Gasteiger partial charge >= 0.3 is 5.97 Å². The molecule has 0 bridgehead atoms. The second-order valence-electron chi connectivity index (χ2n) is 4.83. The van der Waals surface area contributed by atoms with Gasteiger partial charge in [-0.1, -0.05) is 12.8 Å². The lowest BCUT2D eigenvalue weighted by molar-refractivity contribution is -0.144. The monoisotopic (exact) mass is 278 g/mol. The number of carbonyl (C=O) groups excluding carboxylic acids is 2. The quantitative estimate of drug-likeness (QED) is 0.752. The van der Waals surface area contributed by atoms with E-state index < -0.39 is 11.5 Å². The molecule has 1 amide bonds. The summed E-state index contributed by atoms with van der Waals surface area (Å²) in [5.41, 5.74) is 5.65. The van der Waals surface area contributed by atoms with Crippen LogP contribution in [0.5, 0.6) is 0 Å². The van der Waals surface area contributed by atoms with Crippen molar-refractivity contribution in [3.63, 3.8) is 0 Å². The Labute approximate surface area is 114 Å². The Morgan fingerprint density at radius 1 is 1.44 bits per heavy atom. The van der Waals surface area contributed by atoms with Crippen LogP contribution in [-0.2, 0) is 14.3 Å². The van der Waals surface area contributed by atoms with Crippen LogP contribution in [0.15, 0.2) is 0 Å². The Morgan fingerprint density at radius 3 is 2.67 bits per heavy atom. The van der Waals surface area contributed by atoms with Crippen LogP contribution in [0.3, 0.4) is 0 Å². The first kappa shape index (κ1) is 17.2. The number of halogens is 1. The second-order valence-corrected chi connectivity index (χ2v) is 4.83. The fraction of sp³-hybridized carbons (Fsp3) is 0.833. The molecule has 0 aliphatic heterocycles. The summed E-state index contributed by atoms with van der Waals surface area (Å²) in [6, 6.07) is 0. The second kappa shape index (κ2) is 7.59. The molecule has 1 saturated carbocycles. The van der Waals surface area contributed by atoms with Crippen LogP contribution in [0, 0.1) is 5.92 Å². The fourth-order valence-electron chi connectivity index (χ4n) is 2.28. The van der Waals surface area contributed by atoms with Crippen molar-refractivity contribution in [3.05, 3.63) is 0 Å². The van der Waals surface area contributed by atoms with Gasteiger partial charge in [0.25, 0.3) is 0 Å². The maximum absolute atomic E-state index is 11.9. The van der Waals surface area contributed by atoms with Gasteiger partial charge < -0.3 is 15.8 Å². The van der Waals surface area contributed by atoms with Gasteiger partial charge in [0.2, 0.25) is 5.91 Å². The summed E-state index contributed by atoms with van der Waals surface area (Å²) < 4.78 is 4.75. The minimum absolute atomic E-state index is 0. The highest BCUT2D eigenvalue weighted by molar-refractivity contribution is 5.85. The lowest BCUT2D eigenvalue weighted by Gasteiger charge is -2.37. The number of nitrogens with one attached hydrogen (secondary N) is 1. The highest BCUT2D eigenvalue weighted by Crippen LogP contribution is 2.31. The van der Waals surface area contributed by atoms with E-state index in [-0.39, 0.29) is 30.8 Å². The number of hydrogen-bond acceptors (Lipinski definition) is 4. The molecule has 2 unspecified atom stereocenters. The van der Waals surface area contributed by atoms with Crippen molar-refractivity contribution >= 4 is 24.3 Å². The third-order valence-electron chi connectivity index (χ3n) is 3.28. The van der Waals surface area contributed by atoms with E-state index >= 15 is 0 Å². The van der Waals surface area contributed by atoms with E-state index in [1.54, 1.807) is 6.92 Å². The molecule has 6 heteroatoms. The molecular weight excluding hydrogens is 256 g/mol. The van der Waals surface area contributed by atoms with Crippen molar-refractivity contribution in [1.82, 2.24) is 5.32 Å². The van der Waals surface area contributed by atoms with Crippen molar-refractivity contribution < 1.29 is 14.3 Å². The first-order valence-corrected chi connectivity index (χ1v) is 6.19. The Balaban J connectivity index is 0.00000289. The average molecular weight is 279 g/mol. The number of carbonyl (C=O) groups is 2. The van der Waals surface area contributed by atoms with Gasteiger partial charge in [0.05, 0.1) is 12.5 Å². The molecule has 1 fully saturated rings. The van der Waals surface area contributed by atoms with Crippen molar-refractivity contribution in [2.45, 2.75) is 45.1 Å². The number of ether oxygens (including phenoxy) is 1. The van der Waals surface area contributed by atoms with Gasteiger partial charge in [-0.15, -0.1) is 12.4 Å². The smallest absolute Gasteiger partial charge is 0.325 e. The van der Waals surface area contributed by atoms with Crippen LogP contribution in [0.2, 0.25) is 0 Å². The lowest BCUT2D eigenvalue weighted by atomic mass is 9.74. The van der Waals surface area contributed by atoms with E-state index in [9.17, 15) is 9.59 Å². The molecule has 5 nitrogen and oxygen atoms in total. The van der Waals surface area contributed by atoms with Crippen LogP contribution in [0.1, 0.15) is 39.5 Å². The topological polar surface area (TPSA) is 81.4 Å². The summed E-state index contributed by atoms with van der Waals surface area (Å²) in [6.45, 7) is 3.89. The van der Waals surface area contributed by atoms with Gasteiger partial charge in [-0.3, -0.25) is 9.59 Å². The predicted molar refractivity (Wildman–Crippen MR) is 71.4 cm³/mol. The van der Waals surface area contributed by atoms with Crippen LogP contribution < -0.4 is 11.1 Å². The first-order chi connectivity index (χ1) is 7.97. The molecule has 18 heavy (non-hydrogen) atoms. The standard InChI is InChI=1S/C12H22N2O3.ClH/c1-3-17-10(15)8-14-11(16)9-6-4-5-7-12(9,2)13;/h9H,3-8,13H2,1-2H3,(H,14,16);1H. The molecule has 3 N–H and O–H groups in total. The van der Waals surface area contributed by atoms with Crippen LogP contribution >= 0.6 is 12.4 Å². The van der Waals surface area contributed by atoms with Gasteiger partial charge in [-0.25, -0.2) is 0 Å². The Hall–Kier alpha value is -0.810. The number of esters is 1. The fourth-order valence-corrected chi connectivity index (χ4v) is 2.28. The van der Waals surface area contributed by atoms with Crippen molar-refractivity contribution in [1.29, 1.82) is 0 Å². The zero-order valence-corrected chi connectivity index (χ0v) is 11.8. The minimum atomic E-state index is -0.461. The maximum Gasteiger partial charge on any atom is 0.325 e. The summed E-state index contributed by atoms with van der Waals surface area (Å²) in [5.74, 6) is -0.746. The van der Waals surface area contributed by atoms with E-state index in [4.69, 9.17) is 10.5 Å². The van der Waals surface area contributed by atoms with Gasteiger partial charge in [0.1, 0.15) is 6.54 Å². The molecule has 0 spiro atoms. The van der Waals surface area contributed by atoms with Crippen LogP contribution in [0.25, 0.3) is 0 Å². The number of hydrogen-bond donors (Lipinski definition) is 2. The molecule has 0 aromatic carbocycles. The van der Waals surface area contributed by atoms with Crippen LogP contribution in [0.4, 0.5) is 0 Å². The zero-order chi connectivity index (χ0) is 12.9. The highest BCUT2D eigenvalue weighted by Gasteiger charge is 2.37. The molecule has 1 aliphatic carbocycles. The molecule has 0 heterocycles. The zero-order valence-electron chi connectivity index (χ0n) is 11.0. The Kier molecular flexibility index (Phi) is 7.25. The maximum atomic E-state index is 11.9. The Bertz CT molecular complexity index is 295. The van der Waals surface area contributed by atoms with Gasteiger partial charge in [0, 0.05) is 5.54 Å².